The molecule has 7 heteroatoms. The average molecular weight is 453 g/mol. The van der Waals surface area contributed by atoms with Crippen LogP contribution in [0.5, 0.6) is 5.75 Å². The maximum absolute atomic E-state index is 12.6. The summed E-state index contributed by atoms with van der Waals surface area (Å²) in [5.74, 6) is -0.891. The normalized spacial score (nSPS) is 10.1. The largest absolute Gasteiger partial charge is 0.427 e. The molecular formula is C22H17BrN2O4. The number of carbonyl (C=O) groups excluding carboxylic acids is 3. The fraction of sp³-hybridized carbons (Fsp3) is 0.0455. The number of benzene rings is 3. The van der Waals surface area contributed by atoms with E-state index in [4.69, 9.17) is 4.74 Å². The molecule has 3 aromatic rings. The van der Waals surface area contributed by atoms with Crippen LogP contribution in [0.25, 0.3) is 0 Å². The molecule has 0 atom stereocenters. The monoisotopic (exact) mass is 452 g/mol. The maximum atomic E-state index is 12.6. The molecule has 0 aliphatic rings. The zero-order valence-corrected chi connectivity index (χ0v) is 17.0. The predicted octanol–water partition coefficient (Wildman–Crippen LogP) is 4.88. The van der Waals surface area contributed by atoms with Gasteiger partial charge in [-0.1, -0.05) is 40.2 Å². The summed E-state index contributed by atoms with van der Waals surface area (Å²) >= 11 is 3.34. The molecule has 3 aromatic carbocycles. The van der Waals surface area contributed by atoms with Crippen molar-refractivity contribution in [2.75, 3.05) is 10.6 Å². The quantitative estimate of drug-likeness (QED) is 0.426. The van der Waals surface area contributed by atoms with Crippen LogP contribution in [0.4, 0.5) is 11.4 Å². The summed E-state index contributed by atoms with van der Waals surface area (Å²) in [6, 6.07) is 20.2. The van der Waals surface area contributed by atoms with E-state index in [0.29, 0.717) is 22.5 Å². The third-order valence-electron chi connectivity index (χ3n) is 3.87. The Labute approximate surface area is 176 Å². The molecule has 0 radical (unpaired) electrons. The van der Waals surface area contributed by atoms with E-state index >= 15 is 0 Å². The lowest BCUT2D eigenvalue weighted by atomic mass is 10.1. The summed E-state index contributed by atoms with van der Waals surface area (Å²) in [4.78, 5) is 36.3. The summed E-state index contributed by atoms with van der Waals surface area (Å²) in [7, 11) is 0. The molecule has 0 heterocycles. The third kappa shape index (κ3) is 5.52. The van der Waals surface area contributed by atoms with Gasteiger partial charge in [0.2, 0.25) is 0 Å². The maximum Gasteiger partial charge on any atom is 0.308 e. The van der Waals surface area contributed by atoms with Crippen LogP contribution < -0.4 is 15.4 Å². The minimum Gasteiger partial charge on any atom is -0.427 e. The van der Waals surface area contributed by atoms with Crippen LogP contribution in [0, 0.1) is 0 Å². The Morgan fingerprint density at radius 3 is 1.86 bits per heavy atom. The van der Waals surface area contributed by atoms with Crippen molar-refractivity contribution in [2.45, 2.75) is 6.92 Å². The molecule has 0 saturated carbocycles. The summed E-state index contributed by atoms with van der Waals surface area (Å²) in [6.07, 6.45) is 0. The highest BCUT2D eigenvalue weighted by Gasteiger charge is 2.13. The van der Waals surface area contributed by atoms with Gasteiger partial charge in [-0.3, -0.25) is 14.4 Å². The van der Waals surface area contributed by atoms with E-state index in [1.165, 1.54) is 13.0 Å². The fourth-order valence-electron chi connectivity index (χ4n) is 2.59. The van der Waals surface area contributed by atoms with E-state index < -0.39 is 11.9 Å². The molecule has 0 saturated heterocycles. The van der Waals surface area contributed by atoms with Gasteiger partial charge in [0.25, 0.3) is 11.8 Å². The molecule has 0 aliphatic heterocycles. The number of anilines is 2. The van der Waals surface area contributed by atoms with Crippen molar-refractivity contribution in [3.8, 4) is 5.75 Å². The molecule has 0 bridgehead atoms. The summed E-state index contributed by atoms with van der Waals surface area (Å²) in [5, 5.41) is 5.58. The first-order chi connectivity index (χ1) is 13.9. The van der Waals surface area contributed by atoms with Crippen molar-refractivity contribution in [1.82, 2.24) is 0 Å². The Balaban J connectivity index is 1.78. The molecule has 0 spiro atoms. The van der Waals surface area contributed by atoms with Crippen molar-refractivity contribution >= 4 is 45.1 Å². The standard InChI is InChI=1S/C22H17BrN2O4/c1-14(26)29-18-9-5-7-16(13-18)22(28)25-20-11-3-2-10-19(20)24-21(27)15-6-4-8-17(23)12-15/h2-13H,1H3,(H,24,27)(H,25,28). The van der Waals surface area contributed by atoms with Crippen molar-refractivity contribution < 1.29 is 19.1 Å². The molecule has 29 heavy (non-hydrogen) atoms. The molecular weight excluding hydrogens is 436 g/mol. The lowest BCUT2D eigenvalue weighted by Gasteiger charge is -2.13. The van der Waals surface area contributed by atoms with Crippen molar-refractivity contribution in [2.24, 2.45) is 0 Å². The van der Waals surface area contributed by atoms with Gasteiger partial charge in [0.1, 0.15) is 5.75 Å². The number of amides is 2. The van der Waals surface area contributed by atoms with Gasteiger partial charge in [0.05, 0.1) is 11.4 Å². The first-order valence-corrected chi connectivity index (χ1v) is 9.47. The van der Waals surface area contributed by atoms with Crippen LogP contribution in [-0.4, -0.2) is 17.8 Å². The van der Waals surface area contributed by atoms with Gasteiger partial charge in [0, 0.05) is 22.5 Å². The van der Waals surface area contributed by atoms with Crippen molar-refractivity contribution in [3.63, 3.8) is 0 Å². The zero-order chi connectivity index (χ0) is 20.8. The van der Waals surface area contributed by atoms with Gasteiger partial charge >= 0.3 is 5.97 Å². The van der Waals surface area contributed by atoms with Crippen molar-refractivity contribution in [3.05, 3.63) is 88.4 Å². The average Bonchev–Trinajstić information content (AvgIpc) is 2.69. The first kappa shape index (κ1) is 20.3. The Morgan fingerprint density at radius 1 is 0.759 bits per heavy atom. The Morgan fingerprint density at radius 2 is 1.31 bits per heavy atom. The van der Waals surface area contributed by atoms with Gasteiger partial charge < -0.3 is 15.4 Å². The van der Waals surface area contributed by atoms with Gasteiger partial charge in [-0.15, -0.1) is 0 Å². The van der Waals surface area contributed by atoms with Crippen LogP contribution in [0.3, 0.4) is 0 Å². The summed E-state index contributed by atoms with van der Waals surface area (Å²) < 4.78 is 5.80. The SMILES string of the molecule is CC(=O)Oc1cccc(C(=O)Nc2ccccc2NC(=O)c2cccc(Br)c2)c1. The third-order valence-corrected chi connectivity index (χ3v) is 4.36. The van der Waals surface area contributed by atoms with E-state index in [2.05, 4.69) is 26.6 Å². The number of ether oxygens (including phenoxy) is 1. The second-order valence-corrected chi connectivity index (χ2v) is 7.00. The topological polar surface area (TPSA) is 84.5 Å². The van der Waals surface area contributed by atoms with Gasteiger partial charge in [-0.05, 0) is 48.5 Å². The molecule has 0 aromatic heterocycles. The lowest BCUT2D eigenvalue weighted by Crippen LogP contribution is -2.17. The molecule has 3 rings (SSSR count). The molecule has 146 valence electrons. The van der Waals surface area contributed by atoms with E-state index in [0.717, 1.165) is 4.47 Å². The van der Waals surface area contributed by atoms with E-state index in [1.807, 2.05) is 6.07 Å². The van der Waals surface area contributed by atoms with Crippen LogP contribution >= 0.6 is 15.9 Å². The number of nitrogens with one attached hydrogen (secondary N) is 2. The minimum absolute atomic E-state index is 0.279. The van der Waals surface area contributed by atoms with Gasteiger partial charge in [-0.25, -0.2) is 0 Å². The molecule has 0 aliphatic carbocycles. The number of para-hydroxylation sites is 2. The smallest absolute Gasteiger partial charge is 0.308 e. The number of esters is 1. The number of hydrogen-bond acceptors (Lipinski definition) is 4. The molecule has 0 unspecified atom stereocenters. The van der Waals surface area contributed by atoms with Crippen molar-refractivity contribution in [1.29, 1.82) is 0 Å². The molecule has 6 nitrogen and oxygen atoms in total. The number of halogens is 1. The van der Waals surface area contributed by atoms with E-state index in [-0.39, 0.29) is 11.7 Å². The zero-order valence-electron chi connectivity index (χ0n) is 15.4. The Bertz CT molecular complexity index is 1080. The summed E-state index contributed by atoms with van der Waals surface area (Å²) in [5.41, 5.74) is 1.70. The highest BCUT2D eigenvalue weighted by Crippen LogP contribution is 2.24. The fourth-order valence-corrected chi connectivity index (χ4v) is 2.99. The summed E-state index contributed by atoms with van der Waals surface area (Å²) in [6.45, 7) is 1.29. The lowest BCUT2D eigenvalue weighted by molar-refractivity contribution is -0.131. The number of rotatable bonds is 5. The predicted molar refractivity (Wildman–Crippen MR) is 114 cm³/mol. The highest BCUT2D eigenvalue weighted by atomic mass is 79.9. The molecule has 0 fully saturated rings. The first-order valence-electron chi connectivity index (χ1n) is 8.68. The van der Waals surface area contributed by atoms with Crippen LogP contribution in [-0.2, 0) is 4.79 Å². The highest BCUT2D eigenvalue weighted by molar-refractivity contribution is 9.10. The van der Waals surface area contributed by atoms with Crippen LogP contribution in [0.2, 0.25) is 0 Å². The van der Waals surface area contributed by atoms with Crippen LogP contribution in [0.1, 0.15) is 27.6 Å². The second-order valence-electron chi connectivity index (χ2n) is 6.09. The Hall–Kier alpha value is -3.45. The van der Waals surface area contributed by atoms with Gasteiger partial charge in [-0.2, -0.15) is 0 Å². The number of hydrogen-bond donors (Lipinski definition) is 2. The Kier molecular flexibility index (Phi) is 6.41. The second kappa shape index (κ2) is 9.16. The van der Waals surface area contributed by atoms with Gasteiger partial charge in [0.15, 0.2) is 0 Å². The molecule has 2 N–H and O–H groups in total. The van der Waals surface area contributed by atoms with Crippen LogP contribution in [0.15, 0.2) is 77.3 Å². The minimum atomic E-state index is -0.469. The molecule has 2 amide bonds. The van der Waals surface area contributed by atoms with E-state index in [9.17, 15) is 14.4 Å². The van der Waals surface area contributed by atoms with E-state index in [1.54, 1.807) is 60.7 Å². The number of carbonyl (C=O) groups is 3.